The van der Waals surface area contributed by atoms with Crippen LogP contribution in [0.5, 0.6) is 0 Å². The zero-order valence-electron chi connectivity index (χ0n) is 19.8. The van der Waals surface area contributed by atoms with Gasteiger partial charge < -0.3 is 4.90 Å². The number of halogens is 1. The van der Waals surface area contributed by atoms with Gasteiger partial charge in [-0.2, -0.15) is 5.26 Å². The van der Waals surface area contributed by atoms with E-state index in [1.54, 1.807) is 17.0 Å². The molecule has 0 N–H and O–H groups in total. The molecule has 1 fully saturated rings. The third-order valence-corrected chi connectivity index (χ3v) is 7.11. The Bertz CT molecular complexity index is 1150. The first-order chi connectivity index (χ1) is 17.1. The smallest absolute Gasteiger partial charge is 0.237 e. The number of nitriles is 1. The summed E-state index contributed by atoms with van der Waals surface area (Å²) in [6.45, 7) is 4.45. The second-order valence-electron chi connectivity index (χ2n) is 8.50. The quantitative estimate of drug-likeness (QED) is 0.392. The molecule has 1 saturated heterocycles. The highest BCUT2D eigenvalue weighted by molar-refractivity contribution is 7.99. The van der Waals surface area contributed by atoms with E-state index in [2.05, 4.69) is 28.1 Å². The monoisotopic (exact) mass is 492 g/mol. The van der Waals surface area contributed by atoms with Crippen LogP contribution in [0.25, 0.3) is 5.69 Å². The summed E-state index contributed by atoms with van der Waals surface area (Å²) < 4.78 is 15.6. The minimum Gasteiger partial charge on any atom is -0.311 e. The molecule has 3 aromatic rings. The largest absolute Gasteiger partial charge is 0.311 e. The number of thioether (sulfide) groups is 1. The van der Waals surface area contributed by atoms with Gasteiger partial charge >= 0.3 is 0 Å². The molecule has 0 saturated carbocycles. The number of hydrogen-bond donors (Lipinski definition) is 0. The minimum atomic E-state index is -0.312. The lowest BCUT2D eigenvalue weighted by Gasteiger charge is -2.31. The van der Waals surface area contributed by atoms with Crippen molar-refractivity contribution < 1.29 is 9.18 Å². The molecule has 1 aromatic heterocycles. The van der Waals surface area contributed by atoms with E-state index in [-0.39, 0.29) is 29.9 Å². The fourth-order valence-electron chi connectivity index (χ4n) is 4.32. The molecule has 1 atom stereocenters. The normalized spacial score (nSPS) is 14.9. The van der Waals surface area contributed by atoms with Crippen molar-refractivity contribution in [3.63, 3.8) is 0 Å². The Morgan fingerprint density at radius 2 is 1.83 bits per heavy atom. The van der Waals surface area contributed by atoms with Crippen molar-refractivity contribution in [2.45, 2.75) is 43.8 Å². The molecule has 0 bridgehead atoms. The van der Waals surface area contributed by atoms with E-state index in [0.29, 0.717) is 11.7 Å². The predicted molar refractivity (Wildman–Crippen MR) is 135 cm³/mol. The Morgan fingerprint density at radius 3 is 2.51 bits per heavy atom. The zero-order valence-corrected chi connectivity index (χ0v) is 20.6. The molecule has 1 aliphatic rings. The van der Waals surface area contributed by atoms with E-state index >= 15 is 0 Å². The molecule has 1 unspecified atom stereocenters. The number of benzene rings is 2. The summed E-state index contributed by atoms with van der Waals surface area (Å²) in [4.78, 5) is 17.2. The van der Waals surface area contributed by atoms with E-state index < -0.39 is 0 Å². The summed E-state index contributed by atoms with van der Waals surface area (Å²) in [7, 11) is 0. The van der Waals surface area contributed by atoms with Crippen molar-refractivity contribution in [1.29, 1.82) is 5.26 Å². The van der Waals surface area contributed by atoms with Gasteiger partial charge in [0.15, 0.2) is 11.0 Å². The second-order valence-corrected chi connectivity index (χ2v) is 9.45. The van der Waals surface area contributed by atoms with Gasteiger partial charge in [0.1, 0.15) is 5.82 Å². The molecule has 35 heavy (non-hydrogen) atoms. The van der Waals surface area contributed by atoms with Crippen LogP contribution in [-0.2, 0) is 4.79 Å². The number of likely N-dealkylation sites (tertiary alicyclic amines) is 1. The van der Waals surface area contributed by atoms with Crippen molar-refractivity contribution in [2.24, 2.45) is 0 Å². The SMILES string of the molecule is CC(c1nnc(SCC(=O)N(CCC#N)c2ccccc2)n1-c1ccc(F)cc1)N1CCCCC1. The van der Waals surface area contributed by atoms with Crippen LogP contribution in [0.15, 0.2) is 59.8 Å². The molecular weight excluding hydrogens is 463 g/mol. The van der Waals surface area contributed by atoms with Crippen LogP contribution >= 0.6 is 11.8 Å². The van der Waals surface area contributed by atoms with Gasteiger partial charge in [-0.05, 0) is 69.3 Å². The molecule has 7 nitrogen and oxygen atoms in total. The average molecular weight is 493 g/mol. The number of carbonyl (C=O) groups is 1. The second kappa shape index (κ2) is 12.0. The van der Waals surface area contributed by atoms with E-state index in [1.807, 2.05) is 34.9 Å². The summed E-state index contributed by atoms with van der Waals surface area (Å²) in [5, 5.41) is 18.6. The molecule has 9 heteroatoms. The Labute approximate surface area is 209 Å². The Balaban J connectivity index is 1.59. The maximum Gasteiger partial charge on any atom is 0.237 e. The molecular formula is C26H29FN6OS. The van der Waals surface area contributed by atoms with Gasteiger partial charge in [0.05, 0.1) is 24.3 Å². The van der Waals surface area contributed by atoms with Gasteiger partial charge in [-0.1, -0.05) is 36.4 Å². The third kappa shape index (κ3) is 6.08. The zero-order chi connectivity index (χ0) is 24.6. The van der Waals surface area contributed by atoms with Gasteiger partial charge in [-0.15, -0.1) is 10.2 Å². The van der Waals surface area contributed by atoms with Crippen molar-refractivity contribution in [2.75, 3.05) is 30.3 Å². The molecule has 2 heterocycles. The van der Waals surface area contributed by atoms with Crippen LogP contribution in [0.2, 0.25) is 0 Å². The van der Waals surface area contributed by atoms with Gasteiger partial charge in [0.25, 0.3) is 0 Å². The van der Waals surface area contributed by atoms with E-state index in [1.165, 1.54) is 30.3 Å². The third-order valence-electron chi connectivity index (χ3n) is 6.20. The number of hydrogen-bond acceptors (Lipinski definition) is 6. The first-order valence-corrected chi connectivity index (χ1v) is 12.9. The first kappa shape index (κ1) is 24.9. The van der Waals surface area contributed by atoms with Gasteiger partial charge in [0, 0.05) is 17.9 Å². The fraction of sp³-hybridized carbons (Fsp3) is 0.385. The maximum atomic E-state index is 13.7. The summed E-state index contributed by atoms with van der Waals surface area (Å²) >= 11 is 1.30. The lowest BCUT2D eigenvalue weighted by Crippen LogP contribution is -2.34. The van der Waals surface area contributed by atoms with Crippen LogP contribution in [0.4, 0.5) is 10.1 Å². The van der Waals surface area contributed by atoms with Crippen LogP contribution in [0.3, 0.4) is 0 Å². The Morgan fingerprint density at radius 1 is 1.11 bits per heavy atom. The van der Waals surface area contributed by atoms with Crippen molar-refractivity contribution in [3.8, 4) is 11.8 Å². The van der Waals surface area contributed by atoms with Gasteiger partial charge in [-0.25, -0.2) is 4.39 Å². The molecule has 4 rings (SSSR count). The topological polar surface area (TPSA) is 78.0 Å². The standard InChI is InChI=1S/C26H29FN6OS/c1-20(31-16-6-3-7-17-31)25-29-30-26(33(25)23-13-11-21(27)12-14-23)35-19-24(34)32(18-8-15-28)22-9-4-2-5-10-22/h2,4-5,9-14,20H,3,6-8,16-19H2,1H3. The number of nitrogens with zero attached hydrogens (tertiary/aromatic N) is 6. The van der Waals surface area contributed by atoms with E-state index in [9.17, 15) is 9.18 Å². The molecule has 2 aromatic carbocycles. The number of carbonyl (C=O) groups excluding carboxylic acids is 1. The molecule has 182 valence electrons. The highest BCUT2D eigenvalue weighted by atomic mass is 32.2. The van der Waals surface area contributed by atoms with Gasteiger partial charge in [-0.3, -0.25) is 14.3 Å². The summed E-state index contributed by atoms with van der Waals surface area (Å²) in [5.74, 6) is 0.485. The number of aromatic nitrogens is 3. The average Bonchev–Trinajstić information content (AvgIpc) is 3.32. The summed E-state index contributed by atoms with van der Waals surface area (Å²) in [6.07, 6.45) is 3.79. The van der Waals surface area contributed by atoms with Crippen LogP contribution in [0, 0.1) is 17.1 Å². The van der Waals surface area contributed by atoms with Crippen LogP contribution < -0.4 is 4.90 Å². The Hall–Kier alpha value is -3.22. The van der Waals surface area contributed by atoms with Crippen molar-refractivity contribution >= 4 is 23.4 Å². The van der Waals surface area contributed by atoms with Crippen molar-refractivity contribution in [3.05, 3.63) is 66.2 Å². The Kier molecular flexibility index (Phi) is 8.50. The van der Waals surface area contributed by atoms with Crippen molar-refractivity contribution in [1.82, 2.24) is 19.7 Å². The van der Waals surface area contributed by atoms with E-state index in [4.69, 9.17) is 5.26 Å². The molecule has 1 amide bonds. The van der Waals surface area contributed by atoms with Gasteiger partial charge in [0.2, 0.25) is 5.91 Å². The predicted octanol–water partition coefficient (Wildman–Crippen LogP) is 4.99. The summed E-state index contributed by atoms with van der Waals surface area (Å²) in [5.41, 5.74) is 1.52. The fourth-order valence-corrected chi connectivity index (χ4v) is 5.15. The molecule has 1 aliphatic heterocycles. The van der Waals surface area contributed by atoms with Crippen LogP contribution in [-0.4, -0.2) is 51.0 Å². The number of rotatable bonds is 9. The molecule has 0 spiro atoms. The molecule has 0 aliphatic carbocycles. The highest BCUT2D eigenvalue weighted by Crippen LogP contribution is 2.30. The number of piperidine rings is 1. The van der Waals surface area contributed by atoms with E-state index in [0.717, 1.165) is 43.1 Å². The highest BCUT2D eigenvalue weighted by Gasteiger charge is 2.26. The minimum absolute atomic E-state index is 0.0364. The number of anilines is 1. The summed E-state index contributed by atoms with van der Waals surface area (Å²) in [6, 6.07) is 17.8. The number of para-hydroxylation sites is 1. The molecule has 0 radical (unpaired) electrons. The lowest BCUT2D eigenvalue weighted by atomic mass is 10.1. The number of amides is 1. The maximum absolute atomic E-state index is 13.7. The lowest BCUT2D eigenvalue weighted by molar-refractivity contribution is -0.116. The first-order valence-electron chi connectivity index (χ1n) is 11.9. The van der Waals surface area contributed by atoms with Crippen LogP contribution in [0.1, 0.15) is 44.5 Å².